The molecule has 1 saturated carbocycles. The third kappa shape index (κ3) is 2.35. The molecule has 0 bridgehead atoms. The Morgan fingerprint density at radius 1 is 1.38 bits per heavy atom. The Balaban J connectivity index is 2.25. The minimum atomic E-state index is -1.83. The zero-order chi connectivity index (χ0) is 11.7. The van der Waals surface area contributed by atoms with Crippen LogP contribution in [0.4, 0.5) is 4.39 Å². The molecule has 1 fully saturated rings. The first kappa shape index (κ1) is 11.4. The van der Waals surface area contributed by atoms with Crippen molar-refractivity contribution in [1.29, 1.82) is 0 Å². The molecule has 4 heteroatoms. The fraction of sp³-hybridized carbons (Fsp3) is 0.417. The summed E-state index contributed by atoms with van der Waals surface area (Å²) in [6.07, 6.45) is -0.0178. The van der Waals surface area contributed by atoms with Crippen LogP contribution in [0, 0.1) is 5.92 Å². The Bertz CT molecular complexity index is 387. The molecule has 0 saturated heterocycles. The van der Waals surface area contributed by atoms with Crippen molar-refractivity contribution in [3.63, 3.8) is 0 Å². The molecular weight excluding hydrogens is 231 g/mol. The Hall–Kier alpha value is -1.09. The summed E-state index contributed by atoms with van der Waals surface area (Å²) in [5.74, 6) is -1.76. The number of carboxylic acid groups (broad SMARTS) is 1. The maximum atomic E-state index is 13.6. The Morgan fingerprint density at radius 2 is 1.94 bits per heavy atom. The monoisotopic (exact) mass is 242 g/mol. The second kappa shape index (κ2) is 4.42. The Kier molecular flexibility index (Phi) is 3.15. The third-order valence-electron chi connectivity index (χ3n) is 2.94. The number of benzene rings is 1. The van der Waals surface area contributed by atoms with Crippen LogP contribution < -0.4 is 0 Å². The minimum Gasteiger partial charge on any atom is -0.479 e. The molecule has 1 aliphatic carbocycles. The molecule has 1 aromatic carbocycles. The van der Waals surface area contributed by atoms with Crippen molar-refractivity contribution >= 4 is 17.6 Å². The Morgan fingerprint density at radius 3 is 2.38 bits per heavy atom. The molecule has 1 aliphatic rings. The maximum absolute atomic E-state index is 13.6. The second-order valence-electron chi connectivity index (χ2n) is 4.15. The lowest BCUT2D eigenvalue weighted by Gasteiger charge is -2.18. The molecular formula is C12H12ClFO2. The first-order chi connectivity index (χ1) is 7.59. The molecule has 86 valence electrons. The molecule has 0 aromatic heterocycles. The van der Waals surface area contributed by atoms with Crippen LogP contribution >= 0.6 is 11.6 Å². The molecule has 1 N–H and O–H groups in total. The van der Waals surface area contributed by atoms with Crippen LogP contribution in [0.25, 0.3) is 0 Å². The topological polar surface area (TPSA) is 37.3 Å². The van der Waals surface area contributed by atoms with Gasteiger partial charge in [-0.05, 0) is 36.5 Å². The number of hydrogen-bond donors (Lipinski definition) is 1. The van der Waals surface area contributed by atoms with Gasteiger partial charge in [-0.25, -0.2) is 9.18 Å². The molecule has 0 amide bonds. The first-order valence-electron chi connectivity index (χ1n) is 5.22. The van der Waals surface area contributed by atoms with Gasteiger partial charge in [-0.1, -0.05) is 23.7 Å². The number of carboxylic acids is 1. The lowest BCUT2D eigenvalue weighted by atomic mass is 9.90. The summed E-state index contributed by atoms with van der Waals surface area (Å²) >= 11 is 5.74. The fourth-order valence-electron chi connectivity index (χ4n) is 1.97. The lowest BCUT2D eigenvalue weighted by Crippen LogP contribution is -2.25. The molecule has 0 aliphatic heterocycles. The van der Waals surface area contributed by atoms with E-state index in [0.29, 0.717) is 5.02 Å². The summed E-state index contributed by atoms with van der Waals surface area (Å²) < 4.78 is 13.6. The zero-order valence-corrected chi connectivity index (χ0v) is 9.32. The van der Waals surface area contributed by atoms with Gasteiger partial charge >= 0.3 is 5.97 Å². The van der Waals surface area contributed by atoms with Crippen molar-refractivity contribution in [2.75, 3.05) is 0 Å². The van der Waals surface area contributed by atoms with Crippen LogP contribution in [0.3, 0.4) is 0 Å². The molecule has 0 heterocycles. The average molecular weight is 243 g/mol. The van der Waals surface area contributed by atoms with E-state index >= 15 is 0 Å². The summed E-state index contributed by atoms with van der Waals surface area (Å²) in [5, 5.41) is 9.32. The Labute approximate surface area is 98.0 Å². The van der Waals surface area contributed by atoms with Crippen molar-refractivity contribution in [3.8, 4) is 0 Å². The van der Waals surface area contributed by atoms with Crippen LogP contribution in [0.1, 0.15) is 24.3 Å². The van der Waals surface area contributed by atoms with E-state index in [1.807, 2.05) is 0 Å². The van der Waals surface area contributed by atoms with Gasteiger partial charge in [0.25, 0.3) is 0 Å². The van der Waals surface area contributed by atoms with Gasteiger partial charge in [0, 0.05) is 10.9 Å². The highest BCUT2D eigenvalue weighted by Gasteiger charge is 2.41. The highest BCUT2D eigenvalue weighted by Crippen LogP contribution is 2.45. The predicted octanol–water partition coefficient (Wildman–Crippen LogP) is 3.26. The standard InChI is InChI=1S/C12H12ClFO2/c13-9-5-3-8(4-6-9)10(7-1-2-7)11(14)12(15)16/h3-7,10-11H,1-2H2,(H,15,16)/t10-,11?/m0/s1. The van der Waals surface area contributed by atoms with Crippen LogP contribution in [-0.4, -0.2) is 17.2 Å². The first-order valence-corrected chi connectivity index (χ1v) is 5.59. The summed E-state index contributed by atoms with van der Waals surface area (Å²) in [5.41, 5.74) is 0.724. The van der Waals surface area contributed by atoms with E-state index in [2.05, 4.69) is 0 Å². The largest absolute Gasteiger partial charge is 0.479 e. The highest BCUT2D eigenvalue weighted by atomic mass is 35.5. The van der Waals surface area contributed by atoms with Crippen molar-refractivity contribution in [2.45, 2.75) is 24.9 Å². The van der Waals surface area contributed by atoms with Gasteiger partial charge in [0.2, 0.25) is 6.17 Å². The van der Waals surface area contributed by atoms with Crippen molar-refractivity contribution < 1.29 is 14.3 Å². The lowest BCUT2D eigenvalue weighted by molar-refractivity contribution is -0.143. The van der Waals surface area contributed by atoms with Crippen molar-refractivity contribution in [2.24, 2.45) is 5.92 Å². The van der Waals surface area contributed by atoms with Gasteiger partial charge < -0.3 is 5.11 Å². The number of hydrogen-bond acceptors (Lipinski definition) is 1. The molecule has 2 rings (SSSR count). The highest BCUT2D eigenvalue weighted by molar-refractivity contribution is 6.30. The second-order valence-corrected chi connectivity index (χ2v) is 4.59. The maximum Gasteiger partial charge on any atom is 0.338 e. The molecule has 16 heavy (non-hydrogen) atoms. The number of alkyl halides is 1. The van der Waals surface area contributed by atoms with E-state index in [0.717, 1.165) is 18.4 Å². The van der Waals surface area contributed by atoms with Gasteiger partial charge in [0.05, 0.1) is 0 Å². The van der Waals surface area contributed by atoms with Gasteiger partial charge in [0.15, 0.2) is 0 Å². The predicted molar refractivity (Wildman–Crippen MR) is 59.4 cm³/mol. The van der Waals surface area contributed by atoms with E-state index < -0.39 is 18.1 Å². The number of halogens is 2. The SMILES string of the molecule is O=C(O)C(F)[C@H](c1ccc(Cl)cc1)C1CC1. The quantitative estimate of drug-likeness (QED) is 0.880. The van der Waals surface area contributed by atoms with Crippen molar-refractivity contribution in [3.05, 3.63) is 34.9 Å². The molecule has 1 aromatic rings. The summed E-state index contributed by atoms with van der Waals surface area (Å²) in [4.78, 5) is 10.7. The van der Waals surface area contributed by atoms with Crippen LogP contribution in [0.2, 0.25) is 5.02 Å². The normalized spacial score (nSPS) is 19.1. The van der Waals surface area contributed by atoms with Gasteiger partial charge in [-0.3, -0.25) is 0 Å². The molecule has 0 radical (unpaired) electrons. The van der Waals surface area contributed by atoms with Gasteiger partial charge in [0.1, 0.15) is 0 Å². The van der Waals surface area contributed by atoms with E-state index in [1.165, 1.54) is 0 Å². The van der Waals surface area contributed by atoms with E-state index in [9.17, 15) is 9.18 Å². The van der Waals surface area contributed by atoms with Crippen molar-refractivity contribution in [1.82, 2.24) is 0 Å². The van der Waals surface area contributed by atoms with Crippen LogP contribution in [-0.2, 0) is 4.79 Å². The average Bonchev–Trinajstić information content (AvgIpc) is 3.05. The molecule has 2 nitrogen and oxygen atoms in total. The van der Waals surface area contributed by atoms with Gasteiger partial charge in [-0.15, -0.1) is 0 Å². The van der Waals surface area contributed by atoms with E-state index in [4.69, 9.17) is 16.7 Å². The summed E-state index contributed by atoms with van der Waals surface area (Å²) in [6.45, 7) is 0. The fourth-order valence-corrected chi connectivity index (χ4v) is 2.10. The number of aliphatic carboxylic acids is 1. The van der Waals surface area contributed by atoms with E-state index in [1.54, 1.807) is 24.3 Å². The van der Waals surface area contributed by atoms with E-state index in [-0.39, 0.29) is 5.92 Å². The number of rotatable bonds is 4. The summed E-state index contributed by atoms with van der Waals surface area (Å²) in [6, 6.07) is 6.75. The van der Waals surface area contributed by atoms with Gasteiger partial charge in [-0.2, -0.15) is 0 Å². The molecule has 1 unspecified atom stereocenters. The zero-order valence-electron chi connectivity index (χ0n) is 8.57. The van der Waals surface area contributed by atoms with Crippen LogP contribution in [0.15, 0.2) is 24.3 Å². The smallest absolute Gasteiger partial charge is 0.338 e. The minimum absolute atomic E-state index is 0.160. The molecule has 2 atom stereocenters. The molecule has 0 spiro atoms. The number of carbonyl (C=O) groups is 1. The van der Waals surface area contributed by atoms with Crippen LogP contribution in [0.5, 0.6) is 0 Å². The summed E-state index contributed by atoms with van der Waals surface area (Å²) in [7, 11) is 0. The third-order valence-corrected chi connectivity index (χ3v) is 3.19.